The average molecular weight is 787 g/mol. The van der Waals surface area contributed by atoms with E-state index in [-0.39, 0.29) is 5.41 Å². The van der Waals surface area contributed by atoms with E-state index in [4.69, 9.17) is 0 Å². The Hall–Kier alpha value is -6.04. The van der Waals surface area contributed by atoms with Gasteiger partial charge in [0.05, 0.1) is 0 Å². The summed E-state index contributed by atoms with van der Waals surface area (Å²) in [5, 5.41) is 9.46. The van der Waals surface area contributed by atoms with Gasteiger partial charge >= 0.3 is 0 Å². The SMILES string of the molecule is CC(C)(C)c1ccc2c(-c3ccc(P(=O)(c4ccccc4)c4ccccc4)cc3)c3ccccc3c(-c3ccc(P(=O)(c4ccccc4)c4ccccc4)cc3)c2c1. The molecule has 2 nitrogen and oxygen atoms in total. The molecular formula is C54H44O2P2. The number of hydrogen-bond acceptors (Lipinski definition) is 2. The first-order chi connectivity index (χ1) is 28.2. The van der Waals surface area contributed by atoms with Crippen molar-refractivity contribution >= 4 is 67.7 Å². The van der Waals surface area contributed by atoms with Gasteiger partial charge in [-0.1, -0.05) is 227 Å². The molecular weight excluding hydrogens is 743 g/mol. The Labute approximate surface area is 341 Å². The lowest BCUT2D eigenvalue weighted by molar-refractivity contribution is 0.591. The third kappa shape index (κ3) is 6.48. The van der Waals surface area contributed by atoms with Gasteiger partial charge in [0, 0.05) is 31.8 Å². The van der Waals surface area contributed by atoms with Crippen LogP contribution in [0.5, 0.6) is 0 Å². The van der Waals surface area contributed by atoms with Crippen LogP contribution in [0.15, 0.2) is 212 Å². The topological polar surface area (TPSA) is 34.1 Å². The summed E-state index contributed by atoms with van der Waals surface area (Å²) in [5.74, 6) is 0. The summed E-state index contributed by atoms with van der Waals surface area (Å²) >= 11 is 0. The summed E-state index contributed by atoms with van der Waals surface area (Å²) in [5.41, 5.74) is 5.60. The zero-order valence-corrected chi connectivity index (χ0v) is 34.7. The predicted molar refractivity (Wildman–Crippen MR) is 250 cm³/mol. The molecule has 0 unspecified atom stereocenters. The van der Waals surface area contributed by atoms with Crippen molar-refractivity contribution in [3.63, 3.8) is 0 Å². The summed E-state index contributed by atoms with van der Waals surface area (Å²) in [4.78, 5) is 0. The zero-order valence-electron chi connectivity index (χ0n) is 32.9. The van der Waals surface area contributed by atoms with Gasteiger partial charge in [-0.15, -0.1) is 0 Å². The van der Waals surface area contributed by atoms with E-state index in [2.05, 4.69) is 112 Å². The van der Waals surface area contributed by atoms with Crippen molar-refractivity contribution in [2.24, 2.45) is 0 Å². The Balaban J connectivity index is 1.24. The molecule has 4 heteroatoms. The van der Waals surface area contributed by atoms with Crippen molar-refractivity contribution in [1.29, 1.82) is 0 Å². The van der Waals surface area contributed by atoms with Crippen LogP contribution in [0, 0.1) is 0 Å². The van der Waals surface area contributed by atoms with Crippen LogP contribution >= 0.6 is 14.3 Å². The maximum atomic E-state index is 15.3. The van der Waals surface area contributed by atoms with Gasteiger partial charge in [0.15, 0.2) is 14.3 Å². The highest BCUT2D eigenvalue weighted by Crippen LogP contribution is 2.48. The van der Waals surface area contributed by atoms with E-state index in [1.165, 1.54) is 5.56 Å². The molecule has 0 bridgehead atoms. The third-order valence-corrected chi connectivity index (χ3v) is 17.6. The van der Waals surface area contributed by atoms with Crippen LogP contribution in [-0.4, -0.2) is 0 Å². The number of fused-ring (bicyclic) bond motifs is 2. The summed E-state index contributed by atoms with van der Waals surface area (Å²) in [6.45, 7) is 6.77. The van der Waals surface area contributed by atoms with E-state index >= 15 is 9.13 Å². The minimum absolute atomic E-state index is 0.0726. The predicted octanol–water partition coefficient (Wildman–Crippen LogP) is 11.9. The van der Waals surface area contributed by atoms with Crippen LogP contribution in [0.25, 0.3) is 43.8 Å². The van der Waals surface area contributed by atoms with Crippen LogP contribution in [-0.2, 0) is 14.5 Å². The van der Waals surface area contributed by atoms with Gasteiger partial charge in [-0.05, 0) is 60.8 Å². The zero-order chi connectivity index (χ0) is 39.9. The largest absolute Gasteiger partial charge is 0.309 e. The normalized spacial score (nSPS) is 12.2. The fraction of sp³-hybridized carbons (Fsp3) is 0.0741. The van der Waals surface area contributed by atoms with Crippen molar-refractivity contribution in [1.82, 2.24) is 0 Å². The van der Waals surface area contributed by atoms with Crippen molar-refractivity contribution in [3.8, 4) is 22.3 Å². The minimum atomic E-state index is -3.14. The molecule has 0 aliphatic rings. The van der Waals surface area contributed by atoms with Gasteiger partial charge in [0.1, 0.15) is 0 Å². The smallest absolute Gasteiger partial charge is 0.171 e. The molecule has 0 amide bonds. The van der Waals surface area contributed by atoms with E-state index in [1.807, 2.05) is 121 Å². The van der Waals surface area contributed by atoms with Gasteiger partial charge in [0.2, 0.25) is 0 Å². The molecule has 0 atom stereocenters. The summed E-state index contributed by atoms with van der Waals surface area (Å²) in [7, 11) is -6.27. The summed E-state index contributed by atoms with van der Waals surface area (Å²) in [6.07, 6.45) is 0. The van der Waals surface area contributed by atoms with Crippen molar-refractivity contribution in [3.05, 3.63) is 218 Å². The van der Waals surface area contributed by atoms with Gasteiger partial charge in [0.25, 0.3) is 0 Å². The van der Waals surface area contributed by atoms with Crippen molar-refractivity contribution in [2.45, 2.75) is 26.2 Å². The lowest BCUT2D eigenvalue weighted by Gasteiger charge is -2.24. The molecule has 0 spiro atoms. The van der Waals surface area contributed by atoms with E-state index < -0.39 is 14.3 Å². The minimum Gasteiger partial charge on any atom is -0.309 e. The van der Waals surface area contributed by atoms with Crippen LogP contribution in [0.4, 0.5) is 0 Å². The fourth-order valence-corrected chi connectivity index (χ4v) is 13.7. The van der Waals surface area contributed by atoms with E-state index in [9.17, 15) is 0 Å². The van der Waals surface area contributed by atoms with Gasteiger partial charge in [-0.3, -0.25) is 0 Å². The van der Waals surface area contributed by atoms with E-state index in [1.54, 1.807) is 0 Å². The highest BCUT2D eigenvalue weighted by atomic mass is 31.2. The molecule has 282 valence electrons. The molecule has 9 aromatic carbocycles. The molecule has 0 aromatic heterocycles. The number of benzene rings is 9. The Morgan fingerprint density at radius 2 is 0.603 bits per heavy atom. The second-order valence-electron chi connectivity index (χ2n) is 16.0. The molecule has 0 saturated heterocycles. The Kier molecular flexibility index (Phi) is 9.73. The molecule has 58 heavy (non-hydrogen) atoms. The molecule has 9 rings (SSSR count). The van der Waals surface area contributed by atoms with E-state index in [0.29, 0.717) is 0 Å². The quantitative estimate of drug-likeness (QED) is 0.114. The average Bonchev–Trinajstić information content (AvgIpc) is 3.28. The van der Waals surface area contributed by atoms with Crippen LogP contribution in [0.1, 0.15) is 26.3 Å². The molecule has 0 fully saturated rings. The first kappa shape index (κ1) is 37.5. The molecule has 0 radical (unpaired) electrons. The first-order valence-electron chi connectivity index (χ1n) is 19.8. The second-order valence-corrected chi connectivity index (χ2v) is 21.5. The molecule has 0 aliphatic heterocycles. The van der Waals surface area contributed by atoms with E-state index in [0.717, 1.165) is 75.6 Å². The molecule has 0 aliphatic carbocycles. The molecule has 0 N–H and O–H groups in total. The maximum Gasteiger partial charge on any atom is 0.171 e. The monoisotopic (exact) mass is 786 g/mol. The number of rotatable bonds is 8. The van der Waals surface area contributed by atoms with Crippen LogP contribution in [0.3, 0.4) is 0 Å². The lowest BCUT2D eigenvalue weighted by Crippen LogP contribution is -2.24. The van der Waals surface area contributed by atoms with Crippen LogP contribution < -0.4 is 31.8 Å². The fourth-order valence-electron chi connectivity index (χ4n) is 8.39. The summed E-state index contributed by atoms with van der Waals surface area (Å²) in [6, 6.07) is 71.8. The number of hydrogen-bond donors (Lipinski definition) is 0. The van der Waals surface area contributed by atoms with Gasteiger partial charge in [-0.2, -0.15) is 0 Å². The van der Waals surface area contributed by atoms with Crippen molar-refractivity contribution < 1.29 is 9.13 Å². The molecule has 9 aromatic rings. The highest BCUT2D eigenvalue weighted by Gasteiger charge is 2.31. The second kappa shape index (κ2) is 15.0. The van der Waals surface area contributed by atoms with Gasteiger partial charge in [-0.25, -0.2) is 0 Å². The highest BCUT2D eigenvalue weighted by molar-refractivity contribution is 7.85. The molecule has 0 heterocycles. The Morgan fingerprint density at radius 1 is 0.310 bits per heavy atom. The summed E-state index contributed by atoms with van der Waals surface area (Å²) < 4.78 is 30.5. The van der Waals surface area contributed by atoms with Crippen LogP contribution in [0.2, 0.25) is 0 Å². The standard InChI is InChI=1S/C54H44O2P2/c1-54(2,3)41-32-37-50-51(38-41)53(40-30-35-47(36-31-40)58(56,44-22-12-6-13-23-44)45-24-14-7-15-25-45)49-27-17-16-26-48(49)52(50)39-28-33-46(34-29-39)57(55,42-18-8-4-9-19-42)43-20-10-5-11-21-43/h4-38H,1-3H3. The third-order valence-electron chi connectivity index (χ3n) is 11.4. The van der Waals surface area contributed by atoms with Gasteiger partial charge < -0.3 is 9.13 Å². The van der Waals surface area contributed by atoms with Crippen molar-refractivity contribution in [2.75, 3.05) is 0 Å². The first-order valence-corrected chi connectivity index (χ1v) is 23.2. The Morgan fingerprint density at radius 3 is 0.948 bits per heavy atom. The Bertz CT molecular complexity index is 2900. The maximum absolute atomic E-state index is 15.3. The lowest BCUT2D eigenvalue weighted by atomic mass is 9.81. The molecule has 0 saturated carbocycles.